The SMILES string of the molecule is Nc1ccc(C(O)C(O)CS)c(Cl)c1F. The Kier molecular flexibility index (Phi) is 4.21. The van der Waals surface area contributed by atoms with Crippen molar-refractivity contribution >= 4 is 29.9 Å². The molecule has 4 N–H and O–H groups in total. The van der Waals surface area contributed by atoms with Gasteiger partial charge in [0.2, 0.25) is 0 Å². The van der Waals surface area contributed by atoms with Gasteiger partial charge in [0.15, 0.2) is 5.82 Å². The lowest BCUT2D eigenvalue weighted by Crippen LogP contribution is -2.20. The van der Waals surface area contributed by atoms with Crippen LogP contribution in [0.2, 0.25) is 5.02 Å². The second kappa shape index (κ2) is 5.03. The van der Waals surface area contributed by atoms with Gasteiger partial charge in [0.05, 0.1) is 16.8 Å². The summed E-state index contributed by atoms with van der Waals surface area (Å²) in [6, 6.07) is 2.66. The van der Waals surface area contributed by atoms with Crippen molar-refractivity contribution in [3.05, 3.63) is 28.5 Å². The molecule has 0 fully saturated rings. The minimum absolute atomic E-state index is 0.0451. The largest absolute Gasteiger partial charge is 0.396 e. The molecule has 0 aliphatic carbocycles. The van der Waals surface area contributed by atoms with Gasteiger partial charge in [-0.3, -0.25) is 0 Å². The molecule has 0 bridgehead atoms. The second-order valence-corrected chi connectivity index (χ2v) is 3.81. The van der Waals surface area contributed by atoms with Gasteiger partial charge >= 0.3 is 0 Å². The van der Waals surface area contributed by atoms with E-state index in [0.717, 1.165) is 0 Å². The van der Waals surface area contributed by atoms with E-state index in [9.17, 15) is 14.6 Å². The lowest BCUT2D eigenvalue weighted by molar-refractivity contribution is 0.0337. The van der Waals surface area contributed by atoms with Gasteiger partial charge in [-0.05, 0) is 6.07 Å². The first-order chi connectivity index (χ1) is 6.99. The van der Waals surface area contributed by atoms with Crippen LogP contribution in [-0.4, -0.2) is 22.1 Å². The minimum Gasteiger partial charge on any atom is -0.396 e. The molecular formula is C9H11ClFNO2S. The summed E-state index contributed by atoms with van der Waals surface area (Å²) in [6.07, 6.45) is -2.38. The van der Waals surface area contributed by atoms with Gasteiger partial charge in [0, 0.05) is 11.3 Å². The summed E-state index contributed by atoms with van der Waals surface area (Å²) < 4.78 is 13.3. The molecule has 2 unspecified atom stereocenters. The Morgan fingerprint density at radius 3 is 2.60 bits per heavy atom. The number of nitrogen functional groups attached to an aromatic ring is 1. The van der Waals surface area contributed by atoms with E-state index in [2.05, 4.69) is 12.6 Å². The maximum Gasteiger partial charge on any atom is 0.165 e. The summed E-state index contributed by atoms with van der Waals surface area (Å²) in [4.78, 5) is 0. The number of thiol groups is 1. The summed E-state index contributed by atoms with van der Waals surface area (Å²) in [5.41, 5.74) is 5.28. The number of hydrogen-bond acceptors (Lipinski definition) is 4. The van der Waals surface area contributed by atoms with Crippen LogP contribution >= 0.6 is 24.2 Å². The van der Waals surface area contributed by atoms with Crippen LogP contribution in [0.5, 0.6) is 0 Å². The van der Waals surface area contributed by atoms with E-state index in [1.165, 1.54) is 12.1 Å². The summed E-state index contributed by atoms with van der Waals surface area (Å²) >= 11 is 9.46. The fraction of sp³-hybridized carbons (Fsp3) is 0.333. The first-order valence-corrected chi connectivity index (χ1v) is 5.20. The highest BCUT2D eigenvalue weighted by atomic mass is 35.5. The van der Waals surface area contributed by atoms with Crippen molar-refractivity contribution in [1.82, 2.24) is 0 Å². The molecule has 0 amide bonds. The van der Waals surface area contributed by atoms with Gasteiger partial charge in [-0.1, -0.05) is 17.7 Å². The van der Waals surface area contributed by atoms with Gasteiger partial charge in [0.25, 0.3) is 0 Å². The van der Waals surface area contributed by atoms with Crippen molar-refractivity contribution in [2.75, 3.05) is 11.5 Å². The Hall–Kier alpha value is -0.490. The highest BCUT2D eigenvalue weighted by molar-refractivity contribution is 7.80. The Balaban J connectivity index is 3.10. The number of nitrogens with two attached hydrogens (primary N) is 1. The van der Waals surface area contributed by atoms with E-state index >= 15 is 0 Å². The number of aliphatic hydroxyl groups is 2. The molecule has 1 aromatic rings. The maximum atomic E-state index is 13.3. The van der Waals surface area contributed by atoms with Crippen LogP contribution in [0.3, 0.4) is 0 Å². The molecule has 0 radical (unpaired) electrons. The lowest BCUT2D eigenvalue weighted by atomic mass is 10.0. The smallest absolute Gasteiger partial charge is 0.165 e. The Morgan fingerprint density at radius 2 is 2.07 bits per heavy atom. The van der Waals surface area contributed by atoms with Crippen molar-refractivity contribution in [2.45, 2.75) is 12.2 Å². The lowest BCUT2D eigenvalue weighted by Gasteiger charge is -2.17. The molecular weight excluding hydrogens is 241 g/mol. The predicted molar refractivity (Wildman–Crippen MR) is 60.6 cm³/mol. The number of hydrogen-bond donors (Lipinski definition) is 4. The molecule has 84 valence electrons. The van der Waals surface area contributed by atoms with Gasteiger partial charge in [-0.25, -0.2) is 4.39 Å². The van der Waals surface area contributed by atoms with E-state index in [0.29, 0.717) is 0 Å². The van der Waals surface area contributed by atoms with Crippen molar-refractivity contribution in [2.24, 2.45) is 0 Å². The normalized spacial score (nSPS) is 15.0. The number of anilines is 1. The first kappa shape index (κ1) is 12.6. The van der Waals surface area contributed by atoms with E-state index in [4.69, 9.17) is 17.3 Å². The van der Waals surface area contributed by atoms with Gasteiger partial charge in [0.1, 0.15) is 6.10 Å². The monoisotopic (exact) mass is 251 g/mol. The van der Waals surface area contributed by atoms with E-state index in [-0.39, 0.29) is 22.0 Å². The molecule has 2 atom stereocenters. The van der Waals surface area contributed by atoms with Crippen LogP contribution in [0.1, 0.15) is 11.7 Å². The standard InChI is InChI=1S/C9H11ClFNO2S/c10-7-4(9(14)6(13)3-15)1-2-5(12)8(7)11/h1-2,6,9,13-15H,3,12H2. The third-order valence-electron chi connectivity index (χ3n) is 2.01. The van der Waals surface area contributed by atoms with Gasteiger partial charge in [-0.15, -0.1) is 0 Å². The highest BCUT2D eigenvalue weighted by Gasteiger charge is 2.22. The molecule has 0 saturated heterocycles. The van der Waals surface area contributed by atoms with Crippen molar-refractivity contribution in [1.29, 1.82) is 0 Å². The Morgan fingerprint density at radius 1 is 1.47 bits per heavy atom. The van der Waals surface area contributed by atoms with E-state index in [1.807, 2.05) is 0 Å². The molecule has 1 rings (SSSR count). The van der Waals surface area contributed by atoms with Crippen molar-refractivity contribution in [3.63, 3.8) is 0 Å². The van der Waals surface area contributed by atoms with E-state index < -0.39 is 18.0 Å². The van der Waals surface area contributed by atoms with Crippen LogP contribution in [-0.2, 0) is 0 Å². The van der Waals surface area contributed by atoms with Crippen molar-refractivity contribution in [3.8, 4) is 0 Å². The highest BCUT2D eigenvalue weighted by Crippen LogP contribution is 2.30. The van der Waals surface area contributed by atoms with Crippen LogP contribution < -0.4 is 5.73 Å². The zero-order valence-corrected chi connectivity index (χ0v) is 9.34. The molecule has 0 spiro atoms. The Labute approximate surface area is 97.1 Å². The molecule has 0 aliphatic heterocycles. The average molecular weight is 252 g/mol. The number of aliphatic hydroxyl groups excluding tert-OH is 2. The topological polar surface area (TPSA) is 66.5 Å². The molecule has 1 aromatic carbocycles. The number of benzene rings is 1. The summed E-state index contributed by atoms with van der Waals surface area (Å²) in [5, 5.41) is 18.6. The summed E-state index contributed by atoms with van der Waals surface area (Å²) in [7, 11) is 0. The third-order valence-corrected chi connectivity index (χ3v) is 2.77. The molecule has 0 saturated carbocycles. The second-order valence-electron chi connectivity index (χ2n) is 3.07. The zero-order chi connectivity index (χ0) is 11.6. The minimum atomic E-state index is -1.27. The fourth-order valence-electron chi connectivity index (χ4n) is 1.11. The average Bonchev–Trinajstić information content (AvgIpc) is 2.24. The van der Waals surface area contributed by atoms with Crippen LogP contribution in [0.25, 0.3) is 0 Å². The molecule has 0 heterocycles. The molecule has 0 aromatic heterocycles. The quantitative estimate of drug-likeness (QED) is 0.485. The molecule has 3 nitrogen and oxygen atoms in total. The molecule has 6 heteroatoms. The Bertz CT molecular complexity index is 364. The third kappa shape index (κ3) is 2.55. The van der Waals surface area contributed by atoms with Crippen molar-refractivity contribution < 1.29 is 14.6 Å². The first-order valence-electron chi connectivity index (χ1n) is 4.19. The van der Waals surface area contributed by atoms with E-state index in [1.54, 1.807) is 0 Å². The van der Waals surface area contributed by atoms with Gasteiger partial charge in [-0.2, -0.15) is 12.6 Å². The fourth-order valence-corrected chi connectivity index (χ4v) is 1.60. The zero-order valence-electron chi connectivity index (χ0n) is 7.69. The molecule has 0 aliphatic rings. The summed E-state index contributed by atoms with van der Waals surface area (Å²) in [6.45, 7) is 0. The number of rotatable bonds is 3. The van der Waals surface area contributed by atoms with Crippen LogP contribution in [0.15, 0.2) is 12.1 Å². The van der Waals surface area contributed by atoms with Crippen LogP contribution in [0, 0.1) is 5.82 Å². The molecule has 15 heavy (non-hydrogen) atoms. The summed E-state index contributed by atoms with van der Waals surface area (Å²) in [5.74, 6) is -0.747. The van der Waals surface area contributed by atoms with Crippen LogP contribution in [0.4, 0.5) is 10.1 Å². The number of halogens is 2. The predicted octanol–water partition coefficient (Wildman–Crippen LogP) is 1.39. The van der Waals surface area contributed by atoms with Gasteiger partial charge < -0.3 is 15.9 Å². The maximum absolute atomic E-state index is 13.3.